The molecule has 134 valence electrons. The molecule has 3 aromatic rings. The maximum Gasteiger partial charge on any atom is 0.225 e. The fourth-order valence-corrected chi connectivity index (χ4v) is 3.32. The number of aryl methyl sites for hydroxylation is 1. The van der Waals surface area contributed by atoms with E-state index >= 15 is 0 Å². The lowest BCUT2D eigenvalue weighted by molar-refractivity contribution is 0.248. The first kappa shape index (κ1) is 16.7. The Morgan fingerprint density at radius 1 is 1.00 bits per heavy atom. The molecule has 1 aromatic carbocycles. The molecule has 0 aliphatic carbocycles. The van der Waals surface area contributed by atoms with Crippen LogP contribution in [0, 0.1) is 6.92 Å². The van der Waals surface area contributed by atoms with Crippen LogP contribution in [0.5, 0.6) is 0 Å². The van der Waals surface area contributed by atoms with Gasteiger partial charge in [-0.25, -0.2) is 9.97 Å². The normalized spacial score (nSPS) is 15.4. The lowest BCUT2D eigenvalue weighted by Gasteiger charge is -2.34. The lowest BCUT2D eigenvalue weighted by atomic mass is 10.1. The minimum atomic E-state index is 0.823. The third-order valence-electron chi connectivity index (χ3n) is 5.10. The van der Waals surface area contributed by atoms with Gasteiger partial charge in [-0.2, -0.15) is 5.10 Å². The number of hydrogen-bond acceptors (Lipinski definition) is 5. The number of benzene rings is 1. The van der Waals surface area contributed by atoms with Crippen LogP contribution in [0.2, 0.25) is 0 Å². The van der Waals surface area contributed by atoms with Crippen LogP contribution in [0.1, 0.15) is 11.3 Å². The molecule has 1 aliphatic rings. The molecule has 0 unspecified atom stereocenters. The van der Waals surface area contributed by atoms with Gasteiger partial charge in [0.2, 0.25) is 5.95 Å². The molecule has 0 N–H and O–H groups in total. The van der Waals surface area contributed by atoms with Crippen molar-refractivity contribution in [3.05, 3.63) is 60.0 Å². The summed E-state index contributed by atoms with van der Waals surface area (Å²) < 4.78 is 1.94. The SMILES string of the molecule is Cc1c(CN2CCN(c3nccc(-c4ccccc4)n3)CC2)cnn1C. The standard InChI is InChI=1S/C20H24N6/c1-16-18(14-22-24(16)2)15-25-10-12-26(13-11-25)20-21-9-8-19(23-20)17-6-4-3-5-7-17/h3-9,14H,10-13,15H2,1-2H3. The molecular weight excluding hydrogens is 324 g/mol. The Morgan fingerprint density at radius 2 is 1.77 bits per heavy atom. The van der Waals surface area contributed by atoms with E-state index in [0.717, 1.165) is 49.9 Å². The smallest absolute Gasteiger partial charge is 0.225 e. The predicted octanol–water partition coefficient (Wildman–Crippen LogP) is 2.51. The van der Waals surface area contributed by atoms with Gasteiger partial charge >= 0.3 is 0 Å². The van der Waals surface area contributed by atoms with Crippen molar-refractivity contribution in [1.82, 2.24) is 24.6 Å². The quantitative estimate of drug-likeness (QED) is 0.725. The van der Waals surface area contributed by atoms with Crippen LogP contribution in [0.15, 0.2) is 48.8 Å². The second-order valence-electron chi connectivity index (χ2n) is 6.75. The summed E-state index contributed by atoms with van der Waals surface area (Å²) in [5.74, 6) is 0.823. The van der Waals surface area contributed by atoms with Crippen molar-refractivity contribution in [3.63, 3.8) is 0 Å². The Morgan fingerprint density at radius 3 is 2.46 bits per heavy atom. The average Bonchev–Trinajstić information content (AvgIpc) is 3.01. The molecule has 1 aliphatic heterocycles. The highest BCUT2D eigenvalue weighted by Crippen LogP contribution is 2.20. The third kappa shape index (κ3) is 3.46. The van der Waals surface area contributed by atoms with E-state index in [1.807, 2.05) is 48.4 Å². The first-order valence-electron chi connectivity index (χ1n) is 9.04. The van der Waals surface area contributed by atoms with Crippen LogP contribution in [-0.4, -0.2) is 50.8 Å². The van der Waals surface area contributed by atoms with Gasteiger partial charge in [-0.3, -0.25) is 9.58 Å². The molecule has 26 heavy (non-hydrogen) atoms. The van der Waals surface area contributed by atoms with E-state index in [1.54, 1.807) is 0 Å². The van der Waals surface area contributed by atoms with E-state index < -0.39 is 0 Å². The summed E-state index contributed by atoms with van der Waals surface area (Å²) in [6, 6.07) is 12.2. The summed E-state index contributed by atoms with van der Waals surface area (Å²) in [6.07, 6.45) is 3.84. The van der Waals surface area contributed by atoms with Gasteiger partial charge in [0.25, 0.3) is 0 Å². The third-order valence-corrected chi connectivity index (χ3v) is 5.10. The maximum atomic E-state index is 4.78. The van der Waals surface area contributed by atoms with Crippen molar-refractivity contribution in [3.8, 4) is 11.3 Å². The van der Waals surface area contributed by atoms with Crippen molar-refractivity contribution >= 4 is 5.95 Å². The fourth-order valence-electron chi connectivity index (χ4n) is 3.32. The zero-order chi connectivity index (χ0) is 17.9. The molecule has 2 aromatic heterocycles. The van der Waals surface area contributed by atoms with Gasteiger partial charge < -0.3 is 4.90 Å². The van der Waals surface area contributed by atoms with Gasteiger partial charge in [0, 0.05) is 62.8 Å². The molecule has 6 heteroatoms. The maximum absolute atomic E-state index is 4.78. The number of rotatable bonds is 4. The van der Waals surface area contributed by atoms with Crippen molar-refractivity contribution in [2.45, 2.75) is 13.5 Å². The topological polar surface area (TPSA) is 50.1 Å². The molecule has 1 saturated heterocycles. The van der Waals surface area contributed by atoms with E-state index in [0.29, 0.717) is 0 Å². The predicted molar refractivity (Wildman–Crippen MR) is 103 cm³/mol. The number of aromatic nitrogens is 4. The molecule has 4 rings (SSSR count). The Balaban J connectivity index is 1.41. The molecule has 0 amide bonds. The number of nitrogens with zero attached hydrogens (tertiary/aromatic N) is 6. The Kier molecular flexibility index (Phi) is 4.67. The summed E-state index contributed by atoms with van der Waals surface area (Å²) in [5.41, 5.74) is 4.65. The van der Waals surface area contributed by atoms with Crippen molar-refractivity contribution in [2.75, 3.05) is 31.1 Å². The first-order chi connectivity index (χ1) is 12.7. The molecule has 6 nitrogen and oxygen atoms in total. The summed E-state index contributed by atoms with van der Waals surface area (Å²) >= 11 is 0. The van der Waals surface area contributed by atoms with Crippen LogP contribution in [0.4, 0.5) is 5.95 Å². The highest BCUT2D eigenvalue weighted by Gasteiger charge is 2.20. The van der Waals surface area contributed by atoms with E-state index in [9.17, 15) is 0 Å². The van der Waals surface area contributed by atoms with E-state index in [4.69, 9.17) is 4.98 Å². The Bertz CT molecular complexity index is 865. The van der Waals surface area contributed by atoms with E-state index in [1.165, 1.54) is 11.3 Å². The largest absolute Gasteiger partial charge is 0.338 e. The Labute approximate surface area is 154 Å². The van der Waals surface area contributed by atoms with E-state index in [2.05, 4.69) is 38.9 Å². The van der Waals surface area contributed by atoms with Gasteiger partial charge in [0.15, 0.2) is 0 Å². The minimum Gasteiger partial charge on any atom is -0.338 e. The molecular formula is C20H24N6. The zero-order valence-electron chi connectivity index (χ0n) is 15.3. The molecule has 0 spiro atoms. The Hall–Kier alpha value is -2.73. The zero-order valence-corrected chi connectivity index (χ0v) is 15.3. The average molecular weight is 348 g/mol. The summed E-state index contributed by atoms with van der Waals surface area (Å²) in [4.78, 5) is 14.0. The highest BCUT2D eigenvalue weighted by atomic mass is 15.3. The van der Waals surface area contributed by atoms with Gasteiger partial charge in [-0.05, 0) is 13.0 Å². The molecule has 0 atom stereocenters. The van der Waals surface area contributed by atoms with Crippen LogP contribution in [0.3, 0.4) is 0 Å². The minimum absolute atomic E-state index is 0.823. The van der Waals surface area contributed by atoms with Crippen molar-refractivity contribution in [1.29, 1.82) is 0 Å². The summed E-state index contributed by atoms with van der Waals surface area (Å²) in [5, 5.41) is 4.34. The number of anilines is 1. The fraction of sp³-hybridized carbons (Fsp3) is 0.350. The molecule has 0 saturated carbocycles. The van der Waals surface area contributed by atoms with Crippen LogP contribution < -0.4 is 4.90 Å². The molecule has 0 radical (unpaired) electrons. The van der Waals surface area contributed by atoms with Crippen LogP contribution in [0.25, 0.3) is 11.3 Å². The van der Waals surface area contributed by atoms with Crippen molar-refractivity contribution < 1.29 is 0 Å². The second kappa shape index (κ2) is 7.25. The van der Waals surface area contributed by atoms with E-state index in [-0.39, 0.29) is 0 Å². The monoisotopic (exact) mass is 348 g/mol. The number of piperazine rings is 1. The molecule has 0 bridgehead atoms. The van der Waals surface area contributed by atoms with Gasteiger partial charge in [0.05, 0.1) is 11.9 Å². The summed E-state index contributed by atoms with van der Waals surface area (Å²) in [7, 11) is 1.99. The van der Waals surface area contributed by atoms with Crippen LogP contribution >= 0.6 is 0 Å². The lowest BCUT2D eigenvalue weighted by Crippen LogP contribution is -2.46. The molecule has 3 heterocycles. The van der Waals surface area contributed by atoms with Crippen LogP contribution in [-0.2, 0) is 13.6 Å². The second-order valence-corrected chi connectivity index (χ2v) is 6.75. The van der Waals surface area contributed by atoms with Crippen molar-refractivity contribution in [2.24, 2.45) is 7.05 Å². The van der Waals surface area contributed by atoms with Gasteiger partial charge in [0.1, 0.15) is 0 Å². The summed E-state index contributed by atoms with van der Waals surface area (Å²) in [6.45, 7) is 6.98. The number of hydrogen-bond donors (Lipinski definition) is 0. The highest BCUT2D eigenvalue weighted by molar-refractivity contribution is 5.59. The van der Waals surface area contributed by atoms with Gasteiger partial charge in [-0.1, -0.05) is 30.3 Å². The van der Waals surface area contributed by atoms with Gasteiger partial charge in [-0.15, -0.1) is 0 Å². The molecule has 1 fully saturated rings. The first-order valence-corrected chi connectivity index (χ1v) is 9.04.